The second-order valence-electron chi connectivity index (χ2n) is 11.4. The van der Waals surface area contributed by atoms with Crippen molar-refractivity contribution in [3.05, 3.63) is 102 Å². The molecule has 0 radical (unpaired) electrons. The average molecular weight is 609 g/mol. The summed E-state index contributed by atoms with van der Waals surface area (Å²) in [5.74, 6) is 0.167. The minimum Gasteiger partial charge on any atom is -0.492 e. The largest absolute Gasteiger partial charge is 0.492 e. The van der Waals surface area contributed by atoms with E-state index in [1.54, 1.807) is 19.7 Å². The number of nitrogens with one attached hydrogen (secondary N) is 2. The van der Waals surface area contributed by atoms with Crippen molar-refractivity contribution in [3.8, 4) is 28.4 Å². The van der Waals surface area contributed by atoms with E-state index in [4.69, 9.17) is 9.72 Å². The summed E-state index contributed by atoms with van der Waals surface area (Å²) in [6.07, 6.45) is 10.1. The molecule has 2 N–H and O–H groups in total. The lowest BCUT2D eigenvalue weighted by Crippen LogP contribution is -2.15. The van der Waals surface area contributed by atoms with Gasteiger partial charge in [-0.25, -0.2) is 13.9 Å². The van der Waals surface area contributed by atoms with Crippen LogP contribution >= 0.6 is 0 Å². The van der Waals surface area contributed by atoms with Gasteiger partial charge in [-0.05, 0) is 79.1 Å². The summed E-state index contributed by atoms with van der Waals surface area (Å²) in [6.45, 7) is 6.31. The fourth-order valence-corrected chi connectivity index (χ4v) is 5.99. The second-order valence-corrected chi connectivity index (χ2v) is 12.6. The number of methoxy groups -OCH3 is 1. The van der Waals surface area contributed by atoms with Crippen LogP contribution in [0.1, 0.15) is 53.9 Å². The smallest absolute Gasteiger partial charge is 0.255 e. The van der Waals surface area contributed by atoms with E-state index in [2.05, 4.69) is 29.0 Å². The van der Waals surface area contributed by atoms with Gasteiger partial charge in [0.25, 0.3) is 5.91 Å². The molecule has 0 aliphatic heterocycles. The number of aryl methyl sites for hydroxylation is 1. The molecular formula is C34H36N6O3S. The highest BCUT2D eigenvalue weighted by atomic mass is 32.2. The average Bonchev–Trinajstić information content (AvgIpc) is 3.39. The van der Waals surface area contributed by atoms with Gasteiger partial charge in [-0.15, -0.1) is 0 Å². The number of nitrogens with zero attached hydrogens (tertiary/aromatic N) is 4. The van der Waals surface area contributed by atoms with E-state index >= 15 is 0 Å². The summed E-state index contributed by atoms with van der Waals surface area (Å²) in [5, 5.41) is 7.71. The van der Waals surface area contributed by atoms with Crippen LogP contribution in [0.5, 0.6) is 5.75 Å². The van der Waals surface area contributed by atoms with Crippen molar-refractivity contribution in [2.24, 2.45) is 0 Å². The number of rotatable bonds is 10. The van der Waals surface area contributed by atoms with Crippen LogP contribution in [0.25, 0.3) is 22.6 Å². The number of amides is 1. The summed E-state index contributed by atoms with van der Waals surface area (Å²) in [5.41, 5.74) is 8.41. The van der Waals surface area contributed by atoms with Crippen LogP contribution in [-0.4, -0.2) is 42.8 Å². The predicted octanol–water partition coefficient (Wildman–Crippen LogP) is 6.61. The van der Waals surface area contributed by atoms with Crippen molar-refractivity contribution in [3.63, 3.8) is 0 Å². The highest BCUT2D eigenvalue weighted by Crippen LogP contribution is 2.50. The third-order valence-corrected chi connectivity index (χ3v) is 8.81. The predicted molar refractivity (Wildman–Crippen MR) is 175 cm³/mol. The molecule has 0 spiro atoms. The quantitative estimate of drug-likeness (QED) is 0.186. The standard InChI is InChI=1S/C34H36N6O3S/c1-6-30-26(19-36-40(30)25-10-8-7-9-11-25)29-20-39(21-35-29)31-16-23(13-12-22(31)2)33(41)37-27-17-24(34(3)14-15-34)18-28(32(27)43-4)38-44(5)42/h7-13,16-21,38H,6,14-15H2,1-5H3,(H,37,41). The third kappa shape index (κ3) is 5.65. The molecule has 1 atom stereocenters. The number of carbonyl (C=O) groups is 1. The Kier molecular flexibility index (Phi) is 7.85. The SMILES string of the molecule is CCc1c(-c2cn(-c3cc(C(=O)Nc4cc(C5(C)CC5)cc(NS(C)=O)c4OC)ccc3C)cn2)cnn1-c1ccccc1. The van der Waals surface area contributed by atoms with Crippen LogP contribution in [0.15, 0.2) is 79.4 Å². The summed E-state index contributed by atoms with van der Waals surface area (Å²) in [7, 11) is 0.237. The molecule has 1 unspecified atom stereocenters. The van der Waals surface area contributed by atoms with Crippen molar-refractivity contribution in [1.82, 2.24) is 19.3 Å². The number of para-hydroxylation sites is 1. The number of hydrogen-bond donors (Lipinski definition) is 2. The number of anilines is 2. The van der Waals surface area contributed by atoms with Gasteiger partial charge in [0.1, 0.15) is 11.0 Å². The summed E-state index contributed by atoms with van der Waals surface area (Å²) in [6, 6.07) is 19.6. The number of aromatic nitrogens is 4. The van der Waals surface area contributed by atoms with Crippen molar-refractivity contribution >= 4 is 28.3 Å². The van der Waals surface area contributed by atoms with Crippen LogP contribution in [0, 0.1) is 6.92 Å². The van der Waals surface area contributed by atoms with Gasteiger partial charge in [-0.1, -0.05) is 38.1 Å². The summed E-state index contributed by atoms with van der Waals surface area (Å²) >= 11 is 0. The first-order chi connectivity index (χ1) is 21.2. The molecule has 226 valence electrons. The molecule has 0 bridgehead atoms. The Morgan fingerprint density at radius 3 is 2.52 bits per heavy atom. The fourth-order valence-electron chi connectivity index (χ4n) is 5.53. The number of hydrogen-bond acceptors (Lipinski definition) is 5. The van der Waals surface area contributed by atoms with E-state index in [1.165, 1.54) is 0 Å². The molecule has 1 fully saturated rings. The van der Waals surface area contributed by atoms with Crippen LogP contribution in [0.2, 0.25) is 0 Å². The van der Waals surface area contributed by atoms with E-state index in [-0.39, 0.29) is 11.3 Å². The maximum absolute atomic E-state index is 13.7. The zero-order valence-electron chi connectivity index (χ0n) is 25.5. The van der Waals surface area contributed by atoms with Crippen LogP contribution in [0.4, 0.5) is 11.4 Å². The second kappa shape index (κ2) is 11.8. The van der Waals surface area contributed by atoms with E-state index in [1.807, 2.05) is 89.2 Å². The van der Waals surface area contributed by atoms with Crippen molar-refractivity contribution in [2.45, 2.75) is 45.4 Å². The van der Waals surface area contributed by atoms with Crippen LogP contribution in [0.3, 0.4) is 0 Å². The van der Waals surface area contributed by atoms with Gasteiger partial charge in [-0.2, -0.15) is 5.10 Å². The molecule has 9 nitrogen and oxygen atoms in total. The lowest BCUT2D eigenvalue weighted by molar-refractivity contribution is 0.102. The Balaban J connectivity index is 1.31. The number of ether oxygens (including phenoxy) is 1. The zero-order chi connectivity index (χ0) is 31.0. The molecule has 3 aromatic carbocycles. The maximum atomic E-state index is 13.7. The molecule has 10 heteroatoms. The molecule has 5 aromatic rings. The molecule has 1 saturated carbocycles. The number of carbonyl (C=O) groups excluding carboxylic acids is 1. The monoisotopic (exact) mass is 608 g/mol. The molecule has 2 heterocycles. The Labute approximate surface area is 259 Å². The van der Waals surface area contributed by atoms with Gasteiger partial charge in [0, 0.05) is 23.6 Å². The molecular weight excluding hydrogens is 572 g/mol. The maximum Gasteiger partial charge on any atom is 0.255 e. The molecule has 1 amide bonds. The van der Waals surface area contributed by atoms with Crippen LogP contribution in [-0.2, 0) is 22.8 Å². The van der Waals surface area contributed by atoms with E-state index in [0.717, 1.165) is 58.7 Å². The summed E-state index contributed by atoms with van der Waals surface area (Å²) < 4.78 is 24.6. The minimum atomic E-state index is -1.31. The molecule has 0 saturated heterocycles. The molecule has 44 heavy (non-hydrogen) atoms. The molecule has 6 rings (SSSR count). The van der Waals surface area contributed by atoms with E-state index < -0.39 is 11.0 Å². The lowest BCUT2D eigenvalue weighted by Gasteiger charge is -2.19. The first-order valence-electron chi connectivity index (χ1n) is 14.6. The molecule has 2 aromatic heterocycles. The van der Waals surface area contributed by atoms with Gasteiger partial charge in [0.15, 0.2) is 5.75 Å². The lowest BCUT2D eigenvalue weighted by atomic mass is 9.96. The van der Waals surface area contributed by atoms with Gasteiger partial charge in [0.2, 0.25) is 0 Å². The third-order valence-electron chi connectivity index (χ3n) is 8.30. The van der Waals surface area contributed by atoms with Gasteiger partial charge in [-0.3, -0.25) is 4.79 Å². The first kappa shape index (κ1) is 29.4. The molecule has 1 aliphatic rings. The van der Waals surface area contributed by atoms with E-state index in [9.17, 15) is 9.00 Å². The highest BCUT2D eigenvalue weighted by molar-refractivity contribution is 7.85. The van der Waals surface area contributed by atoms with Crippen molar-refractivity contribution in [1.29, 1.82) is 0 Å². The highest BCUT2D eigenvalue weighted by Gasteiger charge is 2.40. The zero-order valence-corrected chi connectivity index (χ0v) is 26.4. The Bertz CT molecular complexity index is 1870. The first-order valence-corrected chi connectivity index (χ1v) is 16.2. The Morgan fingerprint density at radius 2 is 1.84 bits per heavy atom. The van der Waals surface area contributed by atoms with Gasteiger partial charge in [0.05, 0.1) is 53.8 Å². The van der Waals surface area contributed by atoms with Gasteiger partial charge >= 0.3 is 0 Å². The minimum absolute atomic E-state index is 0.0306. The topological polar surface area (TPSA) is 103 Å². The van der Waals surface area contributed by atoms with E-state index in [0.29, 0.717) is 22.7 Å². The van der Waals surface area contributed by atoms with Gasteiger partial charge < -0.3 is 19.3 Å². The summed E-state index contributed by atoms with van der Waals surface area (Å²) in [4.78, 5) is 18.4. The number of imidazole rings is 1. The van der Waals surface area contributed by atoms with Crippen molar-refractivity contribution < 1.29 is 13.7 Å². The molecule has 1 aliphatic carbocycles. The Hall–Kier alpha value is -4.70. The normalized spacial score (nSPS) is 14.2. The fraction of sp³-hybridized carbons (Fsp3) is 0.265. The number of benzene rings is 3. The van der Waals surface area contributed by atoms with Crippen molar-refractivity contribution in [2.75, 3.05) is 23.4 Å². The Morgan fingerprint density at radius 1 is 1.09 bits per heavy atom. The van der Waals surface area contributed by atoms with Crippen LogP contribution < -0.4 is 14.8 Å².